The van der Waals surface area contributed by atoms with Crippen LogP contribution in [0, 0.1) is 6.92 Å². The second-order valence-corrected chi connectivity index (χ2v) is 4.43. The quantitative estimate of drug-likeness (QED) is 0.922. The van der Waals surface area contributed by atoms with E-state index in [0.717, 1.165) is 5.56 Å². The highest BCUT2D eigenvalue weighted by Crippen LogP contribution is 2.27. The highest BCUT2D eigenvalue weighted by molar-refractivity contribution is 5.35. The molecule has 1 atom stereocenters. The van der Waals surface area contributed by atoms with E-state index in [0.29, 0.717) is 11.1 Å². The van der Waals surface area contributed by atoms with Gasteiger partial charge in [0.1, 0.15) is 11.9 Å². The van der Waals surface area contributed by atoms with Gasteiger partial charge in [0, 0.05) is 0 Å². The molecule has 20 heavy (non-hydrogen) atoms. The third-order valence-corrected chi connectivity index (χ3v) is 2.79. The number of aliphatic hydroxyl groups is 1. The first-order valence-electron chi connectivity index (χ1n) is 5.95. The van der Waals surface area contributed by atoms with E-state index in [4.69, 9.17) is 0 Å². The first-order valence-corrected chi connectivity index (χ1v) is 5.95. The summed E-state index contributed by atoms with van der Waals surface area (Å²) >= 11 is 0. The van der Waals surface area contributed by atoms with Crippen LogP contribution < -0.4 is 4.74 Å². The highest BCUT2D eigenvalue weighted by atomic mass is 19.4. The molecule has 0 fully saturated rings. The van der Waals surface area contributed by atoms with Crippen LogP contribution in [0.15, 0.2) is 48.5 Å². The topological polar surface area (TPSA) is 29.5 Å². The number of aliphatic hydroxyl groups excluding tert-OH is 1. The highest BCUT2D eigenvalue weighted by Gasteiger charge is 2.31. The maximum atomic E-state index is 12.0. The van der Waals surface area contributed by atoms with Gasteiger partial charge in [0.2, 0.25) is 0 Å². The Morgan fingerprint density at radius 3 is 2.20 bits per heavy atom. The molecule has 0 aliphatic heterocycles. The molecule has 0 aliphatic rings. The Labute approximate surface area is 114 Å². The fourth-order valence-corrected chi connectivity index (χ4v) is 1.88. The van der Waals surface area contributed by atoms with Crippen molar-refractivity contribution in [1.82, 2.24) is 0 Å². The van der Waals surface area contributed by atoms with Crippen LogP contribution in [0.3, 0.4) is 0 Å². The minimum absolute atomic E-state index is 0.308. The van der Waals surface area contributed by atoms with E-state index in [1.807, 2.05) is 25.1 Å². The summed E-state index contributed by atoms with van der Waals surface area (Å²) in [5.41, 5.74) is 2.19. The van der Waals surface area contributed by atoms with Crippen molar-refractivity contribution in [3.63, 3.8) is 0 Å². The molecule has 2 aromatic carbocycles. The van der Waals surface area contributed by atoms with Crippen molar-refractivity contribution < 1.29 is 23.0 Å². The van der Waals surface area contributed by atoms with Crippen molar-refractivity contribution >= 4 is 0 Å². The molecule has 2 nitrogen and oxygen atoms in total. The number of halogens is 3. The molecule has 0 saturated heterocycles. The Kier molecular flexibility index (Phi) is 3.99. The van der Waals surface area contributed by atoms with Crippen molar-refractivity contribution in [2.45, 2.75) is 19.4 Å². The molecule has 0 heterocycles. The van der Waals surface area contributed by atoms with Crippen molar-refractivity contribution in [1.29, 1.82) is 0 Å². The van der Waals surface area contributed by atoms with Crippen LogP contribution in [0.25, 0.3) is 0 Å². The SMILES string of the molecule is Cc1cccc(C(O)c2ccc(OC(F)(F)F)cc2)c1. The van der Waals surface area contributed by atoms with E-state index >= 15 is 0 Å². The lowest BCUT2D eigenvalue weighted by Gasteiger charge is -2.13. The van der Waals surface area contributed by atoms with E-state index in [1.165, 1.54) is 24.3 Å². The van der Waals surface area contributed by atoms with Crippen LogP contribution in [0.1, 0.15) is 22.8 Å². The maximum absolute atomic E-state index is 12.0. The van der Waals surface area contributed by atoms with Crippen LogP contribution in [-0.2, 0) is 0 Å². The van der Waals surface area contributed by atoms with Gasteiger partial charge in [-0.3, -0.25) is 0 Å². The molecule has 5 heteroatoms. The van der Waals surface area contributed by atoms with Gasteiger partial charge in [-0.15, -0.1) is 13.2 Å². The lowest BCUT2D eigenvalue weighted by Crippen LogP contribution is -2.17. The lowest BCUT2D eigenvalue weighted by molar-refractivity contribution is -0.274. The predicted molar refractivity (Wildman–Crippen MR) is 68.4 cm³/mol. The van der Waals surface area contributed by atoms with Gasteiger partial charge < -0.3 is 9.84 Å². The molecule has 106 valence electrons. The van der Waals surface area contributed by atoms with Crippen LogP contribution >= 0.6 is 0 Å². The van der Waals surface area contributed by atoms with Gasteiger partial charge in [0.25, 0.3) is 0 Å². The number of hydrogen-bond acceptors (Lipinski definition) is 2. The zero-order chi connectivity index (χ0) is 14.8. The summed E-state index contributed by atoms with van der Waals surface area (Å²) in [5.74, 6) is -0.308. The summed E-state index contributed by atoms with van der Waals surface area (Å²) in [6.07, 6.45) is -5.59. The van der Waals surface area contributed by atoms with E-state index in [2.05, 4.69) is 4.74 Å². The fourth-order valence-electron chi connectivity index (χ4n) is 1.88. The van der Waals surface area contributed by atoms with Crippen molar-refractivity contribution in [2.24, 2.45) is 0 Å². The van der Waals surface area contributed by atoms with E-state index in [-0.39, 0.29) is 5.75 Å². The summed E-state index contributed by atoms with van der Waals surface area (Å²) in [6.45, 7) is 1.90. The Morgan fingerprint density at radius 2 is 1.65 bits per heavy atom. The number of rotatable bonds is 3. The monoisotopic (exact) mass is 282 g/mol. The Morgan fingerprint density at radius 1 is 1.00 bits per heavy atom. The van der Waals surface area contributed by atoms with Crippen LogP contribution in [0.4, 0.5) is 13.2 Å². The molecule has 0 bridgehead atoms. The number of hydrogen-bond donors (Lipinski definition) is 1. The van der Waals surface area contributed by atoms with Gasteiger partial charge in [-0.25, -0.2) is 0 Å². The van der Waals surface area contributed by atoms with Gasteiger partial charge in [-0.2, -0.15) is 0 Å². The van der Waals surface area contributed by atoms with E-state index in [9.17, 15) is 18.3 Å². The summed E-state index contributed by atoms with van der Waals surface area (Å²) in [7, 11) is 0. The smallest absolute Gasteiger partial charge is 0.406 e. The zero-order valence-electron chi connectivity index (χ0n) is 10.7. The van der Waals surface area contributed by atoms with E-state index in [1.54, 1.807) is 6.07 Å². The van der Waals surface area contributed by atoms with Crippen molar-refractivity contribution in [3.05, 3.63) is 65.2 Å². The first-order chi connectivity index (χ1) is 9.35. The number of alkyl halides is 3. The number of ether oxygens (including phenoxy) is 1. The van der Waals surface area contributed by atoms with Crippen molar-refractivity contribution in [3.8, 4) is 5.75 Å². The molecule has 0 aromatic heterocycles. The van der Waals surface area contributed by atoms with Gasteiger partial charge in [0.15, 0.2) is 0 Å². The molecule has 0 saturated carbocycles. The first kappa shape index (κ1) is 14.4. The van der Waals surface area contributed by atoms with Gasteiger partial charge >= 0.3 is 6.36 Å². The molecule has 0 spiro atoms. The van der Waals surface area contributed by atoms with Gasteiger partial charge in [-0.05, 0) is 30.2 Å². The molecular weight excluding hydrogens is 269 g/mol. The van der Waals surface area contributed by atoms with Crippen LogP contribution in [0.2, 0.25) is 0 Å². The molecular formula is C15H13F3O2. The summed E-state index contributed by atoms with van der Waals surface area (Å²) in [6, 6.07) is 12.5. The molecule has 2 aromatic rings. The maximum Gasteiger partial charge on any atom is 0.573 e. The third kappa shape index (κ3) is 3.74. The molecule has 0 aliphatic carbocycles. The standard InChI is InChI=1S/C15H13F3O2/c1-10-3-2-4-12(9-10)14(19)11-5-7-13(8-6-11)20-15(16,17)18/h2-9,14,19H,1H3. The van der Waals surface area contributed by atoms with Gasteiger partial charge in [0.05, 0.1) is 0 Å². The Hall–Kier alpha value is -2.01. The largest absolute Gasteiger partial charge is 0.573 e. The Balaban J connectivity index is 2.17. The molecule has 2 rings (SSSR count). The van der Waals surface area contributed by atoms with Crippen molar-refractivity contribution in [2.75, 3.05) is 0 Å². The lowest BCUT2D eigenvalue weighted by atomic mass is 10.00. The predicted octanol–water partition coefficient (Wildman–Crippen LogP) is 3.98. The molecule has 0 radical (unpaired) electrons. The second-order valence-electron chi connectivity index (χ2n) is 4.43. The van der Waals surface area contributed by atoms with Crippen LogP contribution in [0.5, 0.6) is 5.75 Å². The zero-order valence-corrected chi connectivity index (χ0v) is 10.7. The van der Waals surface area contributed by atoms with Crippen LogP contribution in [-0.4, -0.2) is 11.5 Å². The summed E-state index contributed by atoms with van der Waals surface area (Å²) in [4.78, 5) is 0. The number of aryl methyl sites for hydroxylation is 1. The average molecular weight is 282 g/mol. The Bertz CT molecular complexity index is 576. The molecule has 0 amide bonds. The minimum atomic E-state index is -4.71. The van der Waals surface area contributed by atoms with Gasteiger partial charge in [-0.1, -0.05) is 42.0 Å². The molecule has 1 N–H and O–H groups in total. The summed E-state index contributed by atoms with van der Waals surface area (Å²) in [5, 5.41) is 10.2. The number of benzene rings is 2. The fraction of sp³-hybridized carbons (Fsp3) is 0.200. The second kappa shape index (κ2) is 5.54. The van der Waals surface area contributed by atoms with E-state index < -0.39 is 12.5 Å². The minimum Gasteiger partial charge on any atom is -0.406 e. The summed E-state index contributed by atoms with van der Waals surface area (Å²) < 4.78 is 39.9. The normalized spacial score (nSPS) is 13.1. The molecule has 1 unspecified atom stereocenters. The average Bonchev–Trinajstić information content (AvgIpc) is 2.37. The third-order valence-electron chi connectivity index (χ3n) is 2.79.